The summed E-state index contributed by atoms with van der Waals surface area (Å²) in [7, 11) is 1.55. The Kier molecular flexibility index (Phi) is 7.46. The highest BCUT2D eigenvalue weighted by molar-refractivity contribution is 9.10. The van der Waals surface area contributed by atoms with Crippen molar-refractivity contribution in [2.45, 2.75) is 25.0 Å². The van der Waals surface area contributed by atoms with Crippen LogP contribution in [0.2, 0.25) is 0 Å². The Morgan fingerprint density at radius 1 is 1.50 bits per heavy atom. The minimum atomic E-state index is -1.04. The van der Waals surface area contributed by atoms with Crippen molar-refractivity contribution in [1.29, 1.82) is 0 Å². The van der Waals surface area contributed by atoms with Gasteiger partial charge in [0, 0.05) is 0 Å². The maximum atomic E-state index is 11.6. The predicted octanol–water partition coefficient (Wildman–Crippen LogP) is 2.64. The molecule has 1 unspecified atom stereocenters. The van der Waals surface area contributed by atoms with Gasteiger partial charge < -0.3 is 19.9 Å². The van der Waals surface area contributed by atoms with Gasteiger partial charge in [-0.3, -0.25) is 9.59 Å². The number of benzene rings is 1. The third kappa shape index (κ3) is 5.46. The Morgan fingerprint density at radius 3 is 2.92 bits per heavy atom. The number of rotatable bonds is 8. The normalized spacial score (nSPS) is 18.3. The number of carboxylic acid groups (broad SMARTS) is 1. The van der Waals surface area contributed by atoms with Gasteiger partial charge in [0.05, 0.1) is 30.8 Å². The second-order valence-corrected chi connectivity index (χ2v) is 7.27. The summed E-state index contributed by atoms with van der Waals surface area (Å²) in [6.07, 6.45) is 2.12. The van der Waals surface area contributed by atoms with E-state index in [0.29, 0.717) is 18.1 Å². The van der Waals surface area contributed by atoms with Gasteiger partial charge in [0.25, 0.3) is 0 Å². The zero-order valence-electron chi connectivity index (χ0n) is 14.2. The number of nitrogens with zero attached hydrogens (tertiary/aromatic N) is 2. The summed E-state index contributed by atoms with van der Waals surface area (Å²) in [4.78, 5) is 22.3. The fraction of sp³-hybridized carbons (Fsp3) is 0.375. The largest absolute Gasteiger partial charge is 0.493 e. The van der Waals surface area contributed by atoms with Crippen molar-refractivity contribution in [3.63, 3.8) is 0 Å². The van der Waals surface area contributed by atoms with E-state index in [2.05, 4.69) is 31.4 Å². The molecule has 1 amide bonds. The van der Waals surface area contributed by atoms with E-state index in [9.17, 15) is 9.59 Å². The first-order valence-corrected chi connectivity index (χ1v) is 9.42. The molecule has 10 heteroatoms. The molecule has 1 fully saturated rings. The predicted molar refractivity (Wildman–Crippen MR) is 103 cm³/mol. The number of carbonyl (C=O) groups excluding carboxylic acids is 1. The molecular weight excluding hydrogens is 426 g/mol. The Morgan fingerprint density at radius 2 is 2.27 bits per heavy atom. The maximum Gasteiger partial charge on any atom is 0.305 e. The second kappa shape index (κ2) is 9.58. The van der Waals surface area contributed by atoms with Gasteiger partial charge in [-0.05, 0) is 40.0 Å². The first kappa shape index (κ1) is 20.2. The first-order valence-electron chi connectivity index (χ1n) is 7.75. The quantitative estimate of drug-likeness (QED) is 0.471. The van der Waals surface area contributed by atoms with Crippen LogP contribution in [0.15, 0.2) is 26.8 Å². The van der Waals surface area contributed by atoms with Crippen LogP contribution in [-0.2, 0) is 9.59 Å². The number of thioether (sulfide) groups is 1. The molecule has 0 bridgehead atoms. The Balaban J connectivity index is 2.09. The lowest BCUT2D eigenvalue weighted by Crippen LogP contribution is -2.26. The van der Waals surface area contributed by atoms with Crippen molar-refractivity contribution in [2.75, 3.05) is 13.7 Å². The SMILES string of the molecule is CCCOc1c(Br)cc(C=NN=C2NC(=O)C(CC(=O)O)S2)cc1OC. The molecule has 1 heterocycles. The number of methoxy groups -OCH3 is 1. The van der Waals surface area contributed by atoms with Crippen LogP contribution in [-0.4, -0.2) is 47.3 Å². The Bertz CT molecular complexity index is 754. The molecule has 26 heavy (non-hydrogen) atoms. The van der Waals surface area contributed by atoms with E-state index >= 15 is 0 Å². The number of halogens is 1. The molecule has 1 aromatic rings. The molecule has 0 aromatic heterocycles. The van der Waals surface area contributed by atoms with Crippen molar-refractivity contribution >= 4 is 51.0 Å². The van der Waals surface area contributed by atoms with Crippen LogP contribution in [0, 0.1) is 0 Å². The maximum absolute atomic E-state index is 11.6. The molecular formula is C16H18BrN3O5S. The number of nitrogens with one attached hydrogen (secondary N) is 1. The number of amides is 1. The standard InChI is InChI=1S/C16H18BrN3O5S/c1-3-4-25-14-10(17)5-9(6-11(14)24-2)8-18-20-16-19-15(23)12(26-16)7-13(21)22/h5-6,8,12H,3-4,7H2,1-2H3,(H,21,22)(H,19,20,23). The van der Waals surface area contributed by atoms with Gasteiger partial charge in [0.1, 0.15) is 5.25 Å². The molecule has 1 aromatic carbocycles. The van der Waals surface area contributed by atoms with Crippen molar-refractivity contribution in [3.8, 4) is 11.5 Å². The number of carboxylic acids is 1. The summed E-state index contributed by atoms with van der Waals surface area (Å²) in [5.74, 6) is -0.238. The van der Waals surface area contributed by atoms with E-state index in [1.54, 1.807) is 13.2 Å². The van der Waals surface area contributed by atoms with Crippen LogP contribution in [0.25, 0.3) is 0 Å². The molecule has 1 atom stereocenters. The molecule has 0 saturated carbocycles. The lowest BCUT2D eigenvalue weighted by molar-refractivity contribution is -0.138. The summed E-state index contributed by atoms with van der Waals surface area (Å²) in [6.45, 7) is 2.59. The molecule has 2 N–H and O–H groups in total. The lowest BCUT2D eigenvalue weighted by atomic mass is 10.2. The molecule has 8 nitrogen and oxygen atoms in total. The molecule has 1 aliphatic heterocycles. The molecule has 0 aliphatic carbocycles. The van der Waals surface area contributed by atoms with Crippen LogP contribution in [0.1, 0.15) is 25.3 Å². The van der Waals surface area contributed by atoms with Gasteiger partial charge in [0.2, 0.25) is 5.91 Å². The van der Waals surface area contributed by atoms with Gasteiger partial charge in [-0.1, -0.05) is 18.7 Å². The van der Waals surface area contributed by atoms with E-state index in [1.165, 1.54) is 6.21 Å². The number of aliphatic carboxylic acids is 1. The van der Waals surface area contributed by atoms with Gasteiger partial charge in [-0.2, -0.15) is 5.10 Å². The second-order valence-electron chi connectivity index (χ2n) is 5.23. The third-order valence-corrected chi connectivity index (χ3v) is 4.86. The van der Waals surface area contributed by atoms with E-state index in [0.717, 1.165) is 28.2 Å². The molecule has 2 rings (SSSR count). The monoisotopic (exact) mass is 443 g/mol. The minimum Gasteiger partial charge on any atom is -0.493 e. The van der Waals surface area contributed by atoms with Crippen molar-refractivity contribution < 1.29 is 24.2 Å². The lowest BCUT2D eigenvalue weighted by Gasteiger charge is -2.12. The summed E-state index contributed by atoms with van der Waals surface area (Å²) >= 11 is 4.49. The third-order valence-electron chi connectivity index (χ3n) is 3.19. The van der Waals surface area contributed by atoms with Gasteiger partial charge in [-0.25, -0.2) is 0 Å². The highest BCUT2D eigenvalue weighted by atomic mass is 79.9. The van der Waals surface area contributed by atoms with Crippen molar-refractivity contribution in [1.82, 2.24) is 5.32 Å². The average molecular weight is 444 g/mol. The van der Waals surface area contributed by atoms with E-state index in [4.69, 9.17) is 14.6 Å². The van der Waals surface area contributed by atoms with Crippen LogP contribution in [0.5, 0.6) is 11.5 Å². The zero-order valence-corrected chi connectivity index (χ0v) is 16.6. The zero-order chi connectivity index (χ0) is 19.1. The highest BCUT2D eigenvalue weighted by Crippen LogP contribution is 2.36. The number of hydrogen-bond acceptors (Lipinski definition) is 7. The highest BCUT2D eigenvalue weighted by Gasteiger charge is 2.32. The number of hydrogen-bond donors (Lipinski definition) is 2. The van der Waals surface area contributed by atoms with E-state index < -0.39 is 11.2 Å². The van der Waals surface area contributed by atoms with E-state index in [1.807, 2.05) is 13.0 Å². The van der Waals surface area contributed by atoms with Crippen LogP contribution < -0.4 is 14.8 Å². The smallest absolute Gasteiger partial charge is 0.305 e. The number of ether oxygens (including phenoxy) is 2. The van der Waals surface area contributed by atoms with Crippen LogP contribution >= 0.6 is 27.7 Å². The van der Waals surface area contributed by atoms with Crippen molar-refractivity contribution in [3.05, 3.63) is 22.2 Å². The number of amidine groups is 1. The Labute approximate surface area is 163 Å². The Hall–Kier alpha value is -2.07. The van der Waals surface area contributed by atoms with Crippen molar-refractivity contribution in [2.24, 2.45) is 10.2 Å². The summed E-state index contributed by atoms with van der Waals surface area (Å²) in [5.41, 5.74) is 0.721. The molecule has 140 valence electrons. The molecule has 1 saturated heterocycles. The van der Waals surface area contributed by atoms with Gasteiger partial charge in [-0.15, -0.1) is 5.10 Å². The summed E-state index contributed by atoms with van der Waals surface area (Å²) in [5, 5.41) is 18.7. The van der Waals surface area contributed by atoms with Crippen LogP contribution in [0.4, 0.5) is 0 Å². The van der Waals surface area contributed by atoms with E-state index in [-0.39, 0.29) is 17.5 Å². The molecule has 0 radical (unpaired) electrons. The molecule has 1 aliphatic rings. The average Bonchev–Trinajstić information content (AvgIpc) is 2.92. The fourth-order valence-electron chi connectivity index (χ4n) is 2.05. The van der Waals surface area contributed by atoms with Gasteiger partial charge >= 0.3 is 5.97 Å². The van der Waals surface area contributed by atoms with Gasteiger partial charge in [0.15, 0.2) is 16.7 Å². The summed E-state index contributed by atoms with van der Waals surface area (Å²) in [6, 6.07) is 3.57. The first-order chi connectivity index (χ1) is 12.4. The fourth-order valence-corrected chi connectivity index (χ4v) is 3.54. The topological polar surface area (TPSA) is 110 Å². The molecule has 0 spiro atoms. The minimum absolute atomic E-state index is 0.261. The summed E-state index contributed by atoms with van der Waals surface area (Å²) < 4.78 is 11.7. The number of carbonyl (C=O) groups is 2. The van der Waals surface area contributed by atoms with Crippen LogP contribution in [0.3, 0.4) is 0 Å².